The molecule has 3 nitrogen and oxygen atoms in total. The van der Waals surface area contributed by atoms with Gasteiger partial charge in [0, 0.05) is 14.1 Å². The Labute approximate surface area is 104 Å². The average molecular weight is 234 g/mol. The molecule has 17 heavy (non-hydrogen) atoms. The van der Waals surface area contributed by atoms with Crippen molar-refractivity contribution in [2.24, 2.45) is 11.0 Å². The van der Waals surface area contributed by atoms with Crippen LogP contribution in [0.1, 0.15) is 25.8 Å². The number of rotatable bonds is 6. The fourth-order valence-electron chi connectivity index (χ4n) is 1.24. The highest BCUT2D eigenvalue weighted by Gasteiger charge is 1.96. The summed E-state index contributed by atoms with van der Waals surface area (Å²) in [4.78, 5) is 0. The molecule has 1 aromatic rings. The molecule has 0 atom stereocenters. The summed E-state index contributed by atoms with van der Waals surface area (Å²) in [5, 5.41) is 5.95. The van der Waals surface area contributed by atoms with E-state index in [4.69, 9.17) is 4.74 Å². The Morgan fingerprint density at radius 3 is 2.41 bits per heavy atom. The molecule has 0 saturated heterocycles. The van der Waals surface area contributed by atoms with E-state index in [0.29, 0.717) is 5.92 Å². The Morgan fingerprint density at radius 2 is 1.88 bits per heavy atom. The second-order valence-electron chi connectivity index (χ2n) is 4.69. The van der Waals surface area contributed by atoms with Crippen molar-refractivity contribution in [1.82, 2.24) is 5.01 Å². The monoisotopic (exact) mass is 234 g/mol. The summed E-state index contributed by atoms with van der Waals surface area (Å²) in [7, 11) is 3.81. The lowest BCUT2D eigenvalue weighted by Crippen LogP contribution is -2.02. The van der Waals surface area contributed by atoms with E-state index < -0.39 is 0 Å². The Kier molecular flexibility index (Phi) is 5.53. The summed E-state index contributed by atoms with van der Waals surface area (Å²) in [5.41, 5.74) is 1.08. The molecule has 0 fully saturated rings. The maximum atomic E-state index is 5.64. The second kappa shape index (κ2) is 6.94. The highest BCUT2D eigenvalue weighted by Crippen LogP contribution is 2.12. The first-order valence-electron chi connectivity index (χ1n) is 6.02. The molecule has 0 saturated carbocycles. The van der Waals surface area contributed by atoms with Crippen molar-refractivity contribution in [2.75, 3.05) is 20.7 Å². The van der Waals surface area contributed by atoms with Crippen LogP contribution in [0, 0.1) is 5.92 Å². The molecule has 0 aromatic heterocycles. The quantitative estimate of drug-likeness (QED) is 0.558. The topological polar surface area (TPSA) is 24.8 Å². The summed E-state index contributed by atoms with van der Waals surface area (Å²) in [6.07, 6.45) is 2.92. The first kappa shape index (κ1) is 13.6. The van der Waals surface area contributed by atoms with Gasteiger partial charge in [-0.2, -0.15) is 5.10 Å². The normalized spacial score (nSPS) is 11.1. The molecular weight excluding hydrogens is 212 g/mol. The van der Waals surface area contributed by atoms with Crippen molar-refractivity contribution in [3.8, 4) is 5.75 Å². The van der Waals surface area contributed by atoms with Gasteiger partial charge in [0.1, 0.15) is 5.75 Å². The second-order valence-corrected chi connectivity index (χ2v) is 4.69. The van der Waals surface area contributed by atoms with E-state index in [1.165, 1.54) is 0 Å². The zero-order valence-corrected chi connectivity index (χ0v) is 11.2. The van der Waals surface area contributed by atoms with E-state index in [0.717, 1.165) is 24.3 Å². The molecule has 1 aromatic carbocycles. The van der Waals surface area contributed by atoms with Crippen LogP contribution in [-0.2, 0) is 0 Å². The summed E-state index contributed by atoms with van der Waals surface area (Å²) < 4.78 is 5.64. The molecule has 0 aliphatic rings. The van der Waals surface area contributed by atoms with Gasteiger partial charge in [0.05, 0.1) is 12.8 Å². The minimum absolute atomic E-state index is 0.682. The van der Waals surface area contributed by atoms with E-state index in [9.17, 15) is 0 Å². The lowest BCUT2D eigenvalue weighted by atomic mass is 10.1. The molecule has 94 valence electrons. The molecule has 0 amide bonds. The fraction of sp³-hybridized carbons (Fsp3) is 0.500. The van der Waals surface area contributed by atoms with Crippen molar-refractivity contribution >= 4 is 6.21 Å². The van der Waals surface area contributed by atoms with E-state index in [2.05, 4.69) is 18.9 Å². The first-order valence-corrected chi connectivity index (χ1v) is 6.02. The van der Waals surface area contributed by atoms with Gasteiger partial charge in [-0.1, -0.05) is 13.8 Å². The van der Waals surface area contributed by atoms with Crippen LogP contribution in [0.4, 0.5) is 0 Å². The molecule has 0 radical (unpaired) electrons. The number of hydrogen-bond donors (Lipinski definition) is 0. The SMILES string of the molecule is CC(C)CCOc1ccc(C=NN(C)C)cc1. The van der Waals surface area contributed by atoms with Crippen LogP contribution < -0.4 is 4.74 Å². The highest BCUT2D eigenvalue weighted by molar-refractivity contribution is 5.79. The third kappa shape index (κ3) is 5.95. The van der Waals surface area contributed by atoms with Crippen molar-refractivity contribution in [2.45, 2.75) is 20.3 Å². The number of nitrogens with zero attached hydrogens (tertiary/aromatic N) is 2. The van der Waals surface area contributed by atoms with Crippen LogP contribution in [0.25, 0.3) is 0 Å². The average Bonchev–Trinajstić information content (AvgIpc) is 2.27. The van der Waals surface area contributed by atoms with Gasteiger partial charge in [0.25, 0.3) is 0 Å². The van der Waals surface area contributed by atoms with Crippen LogP contribution in [0.3, 0.4) is 0 Å². The third-order valence-electron chi connectivity index (χ3n) is 2.28. The largest absolute Gasteiger partial charge is 0.494 e. The molecule has 0 heterocycles. The molecule has 0 aliphatic heterocycles. The molecule has 1 rings (SSSR count). The maximum absolute atomic E-state index is 5.64. The van der Waals surface area contributed by atoms with Gasteiger partial charge in [-0.3, -0.25) is 0 Å². The van der Waals surface area contributed by atoms with E-state index >= 15 is 0 Å². The molecule has 0 spiro atoms. The summed E-state index contributed by atoms with van der Waals surface area (Å²) in [5.74, 6) is 1.61. The van der Waals surface area contributed by atoms with Gasteiger partial charge in [-0.05, 0) is 42.2 Å². The third-order valence-corrected chi connectivity index (χ3v) is 2.28. The smallest absolute Gasteiger partial charge is 0.119 e. The Bertz CT molecular complexity index is 342. The fourth-order valence-corrected chi connectivity index (χ4v) is 1.24. The zero-order chi connectivity index (χ0) is 12.7. The minimum atomic E-state index is 0.682. The molecular formula is C14H22N2O. The Morgan fingerprint density at radius 1 is 1.24 bits per heavy atom. The number of hydrazone groups is 1. The van der Waals surface area contributed by atoms with Gasteiger partial charge >= 0.3 is 0 Å². The maximum Gasteiger partial charge on any atom is 0.119 e. The summed E-state index contributed by atoms with van der Waals surface area (Å²) in [6.45, 7) is 5.18. The van der Waals surface area contributed by atoms with Crippen LogP contribution in [-0.4, -0.2) is 31.9 Å². The van der Waals surface area contributed by atoms with Crippen molar-refractivity contribution in [1.29, 1.82) is 0 Å². The standard InChI is InChI=1S/C14H22N2O/c1-12(2)9-10-17-14-7-5-13(6-8-14)11-15-16(3)4/h5-8,11-12H,9-10H2,1-4H3. The van der Waals surface area contributed by atoms with Gasteiger partial charge in [-0.25, -0.2) is 0 Å². The van der Waals surface area contributed by atoms with Crippen LogP contribution >= 0.6 is 0 Å². The molecule has 3 heteroatoms. The van der Waals surface area contributed by atoms with E-state index in [-0.39, 0.29) is 0 Å². The number of benzene rings is 1. The lowest BCUT2D eigenvalue weighted by molar-refractivity contribution is 0.289. The highest BCUT2D eigenvalue weighted by atomic mass is 16.5. The summed E-state index contributed by atoms with van der Waals surface area (Å²) >= 11 is 0. The van der Waals surface area contributed by atoms with Crippen molar-refractivity contribution in [3.63, 3.8) is 0 Å². The molecule has 0 aliphatic carbocycles. The Hall–Kier alpha value is -1.51. The molecule has 0 bridgehead atoms. The van der Waals surface area contributed by atoms with Gasteiger partial charge in [-0.15, -0.1) is 0 Å². The van der Waals surface area contributed by atoms with Gasteiger partial charge < -0.3 is 9.75 Å². The van der Waals surface area contributed by atoms with Crippen LogP contribution in [0.2, 0.25) is 0 Å². The number of hydrogen-bond acceptors (Lipinski definition) is 3. The predicted molar refractivity (Wildman–Crippen MR) is 72.7 cm³/mol. The lowest BCUT2D eigenvalue weighted by Gasteiger charge is -2.08. The van der Waals surface area contributed by atoms with E-state index in [1.807, 2.05) is 44.6 Å². The molecule has 0 unspecified atom stereocenters. The van der Waals surface area contributed by atoms with E-state index in [1.54, 1.807) is 5.01 Å². The predicted octanol–water partition coefficient (Wildman–Crippen LogP) is 3.01. The van der Waals surface area contributed by atoms with Gasteiger partial charge in [0.2, 0.25) is 0 Å². The molecule has 0 N–H and O–H groups in total. The van der Waals surface area contributed by atoms with Crippen LogP contribution in [0.15, 0.2) is 29.4 Å². The summed E-state index contributed by atoms with van der Waals surface area (Å²) in [6, 6.07) is 7.99. The minimum Gasteiger partial charge on any atom is -0.494 e. The number of ether oxygens (including phenoxy) is 1. The van der Waals surface area contributed by atoms with Crippen LogP contribution in [0.5, 0.6) is 5.75 Å². The van der Waals surface area contributed by atoms with Crippen molar-refractivity contribution in [3.05, 3.63) is 29.8 Å². The Balaban J connectivity index is 2.45. The van der Waals surface area contributed by atoms with Gasteiger partial charge in [0.15, 0.2) is 0 Å². The van der Waals surface area contributed by atoms with Crippen molar-refractivity contribution < 1.29 is 4.74 Å². The zero-order valence-electron chi connectivity index (χ0n) is 11.2. The first-order chi connectivity index (χ1) is 8.08.